The first-order valence-electron chi connectivity index (χ1n) is 10.2. The van der Waals surface area contributed by atoms with E-state index in [-0.39, 0.29) is 29.7 Å². The molecule has 6 N–H and O–H groups in total. The smallest absolute Gasteiger partial charge is 0.424 e. The fraction of sp³-hybridized carbons (Fsp3) is 0.300. The number of anilines is 2. The van der Waals surface area contributed by atoms with Crippen LogP contribution < -0.4 is 22.4 Å². The monoisotopic (exact) mass is 438 g/mol. The molecule has 0 aliphatic heterocycles. The number of benzene rings is 2. The topological polar surface area (TPSA) is 163 Å². The van der Waals surface area contributed by atoms with Crippen molar-refractivity contribution >= 4 is 59.4 Å². The summed E-state index contributed by atoms with van der Waals surface area (Å²) in [6.07, 6.45) is -0.0302. The number of nitrogen functional groups attached to an aromatic ring is 2. The van der Waals surface area contributed by atoms with E-state index in [0.717, 1.165) is 5.46 Å². The maximum Gasteiger partial charge on any atom is 0.494 e. The molecule has 1 unspecified atom stereocenters. The van der Waals surface area contributed by atoms with Gasteiger partial charge < -0.3 is 39.7 Å². The number of nitrogens with two attached hydrogens (primary N) is 2. The molecule has 32 heavy (non-hydrogen) atoms. The zero-order chi connectivity index (χ0) is 23.0. The van der Waals surface area contributed by atoms with E-state index < -0.39 is 14.2 Å². The summed E-state index contributed by atoms with van der Waals surface area (Å²) in [5.74, 6) is 0. The Kier molecular flexibility index (Phi) is 6.11. The second-order valence-corrected chi connectivity index (χ2v) is 7.90. The van der Waals surface area contributed by atoms with Gasteiger partial charge in [-0.3, -0.25) is 0 Å². The molecule has 0 aliphatic carbocycles. The van der Waals surface area contributed by atoms with Crippen LogP contribution in [0.15, 0.2) is 39.2 Å². The third-order valence-corrected chi connectivity index (χ3v) is 4.87. The lowest BCUT2D eigenvalue weighted by Gasteiger charge is -2.22. The number of hydrogen-bond donors (Lipinski definition) is 4. The number of aromatic nitrogens is 2. The molecule has 0 spiro atoms. The van der Waals surface area contributed by atoms with Gasteiger partial charge in [0.25, 0.3) is 12.0 Å². The molecule has 2 aromatic carbocycles. The van der Waals surface area contributed by atoms with Crippen molar-refractivity contribution < 1.29 is 28.2 Å². The van der Waals surface area contributed by atoms with Crippen LogP contribution in [0.3, 0.4) is 0 Å². The minimum Gasteiger partial charge on any atom is -0.424 e. The predicted molar refractivity (Wildman–Crippen MR) is 123 cm³/mol. The van der Waals surface area contributed by atoms with Gasteiger partial charge in [0.1, 0.15) is 11.0 Å². The number of hydrogen-bond acceptors (Lipinski definition) is 10. The third-order valence-electron chi connectivity index (χ3n) is 4.87. The lowest BCUT2D eigenvalue weighted by atomic mass is 9.77. The van der Waals surface area contributed by atoms with Crippen molar-refractivity contribution in [1.29, 1.82) is 0 Å². The minimum absolute atomic E-state index is 0.0000478. The maximum atomic E-state index is 9.62. The highest BCUT2D eigenvalue weighted by Crippen LogP contribution is 2.22. The van der Waals surface area contributed by atoms with E-state index in [1.54, 1.807) is 18.2 Å². The average molecular weight is 438 g/mol. The first-order chi connectivity index (χ1) is 15.2. The second-order valence-electron chi connectivity index (χ2n) is 7.90. The maximum absolute atomic E-state index is 9.62. The van der Waals surface area contributed by atoms with Gasteiger partial charge in [0, 0.05) is 12.2 Å². The van der Waals surface area contributed by atoms with Gasteiger partial charge in [-0.05, 0) is 61.9 Å². The zero-order valence-electron chi connectivity index (χ0n) is 18.0. The molecule has 4 rings (SSSR count). The molecule has 4 aromatic rings. The van der Waals surface area contributed by atoms with Gasteiger partial charge in [-0.15, -0.1) is 0 Å². The summed E-state index contributed by atoms with van der Waals surface area (Å²) in [5, 5.41) is 19.2. The molecule has 166 valence electrons. The molecule has 0 bridgehead atoms. The summed E-state index contributed by atoms with van der Waals surface area (Å²) in [6.45, 7) is 5.72. The van der Waals surface area contributed by atoms with Crippen LogP contribution in [0.5, 0.6) is 0 Å². The molecule has 1 atom stereocenters. The summed E-state index contributed by atoms with van der Waals surface area (Å²) in [5.41, 5.74) is 15.2. The first kappa shape index (κ1) is 22.2. The molecule has 2 heterocycles. The highest BCUT2D eigenvalue weighted by atomic mass is 16.6. The second kappa shape index (κ2) is 8.83. The fourth-order valence-corrected chi connectivity index (χ4v) is 3.56. The van der Waals surface area contributed by atoms with Gasteiger partial charge in [0.05, 0.1) is 0 Å². The van der Waals surface area contributed by atoms with Gasteiger partial charge in [-0.1, -0.05) is 12.1 Å². The average Bonchev–Trinajstić information content (AvgIpc) is 3.26. The normalized spacial score (nSPS) is 12.7. The van der Waals surface area contributed by atoms with Gasteiger partial charge in [-0.25, -0.2) is 0 Å². The Morgan fingerprint density at radius 1 is 0.938 bits per heavy atom. The Morgan fingerprint density at radius 3 is 2.34 bits per heavy atom. The predicted octanol–water partition coefficient (Wildman–Crippen LogP) is 0.581. The Balaban J connectivity index is 1.60. The Bertz CT molecular complexity index is 1240. The van der Waals surface area contributed by atoms with Crippen molar-refractivity contribution in [2.45, 2.75) is 39.4 Å². The van der Waals surface area contributed by atoms with Crippen molar-refractivity contribution in [1.82, 2.24) is 9.97 Å². The molecule has 10 nitrogen and oxygen atoms in total. The van der Waals surface area contributed by atoms with E-state index in [1.165, 1.54) is 6.07 Å². The quantitative estimate of drug-likeness (QED) is 0.286. The summed E-state index contributed by atoms with van der Waals surface area (Å²) in [4.78, 5) is 8.33. The van der Waals surface area contributed by atoms with Crippen molar-refractivity contribution in [2.24, 2.45) is 0 Å². The number of oxazole rings is 2. The molecule has 0 radical (unpaired) electrons. The number of fused-ring (bicyclic) bond motifs is 2. The molecule has 2 aromatic heterocycles. The molecule has 0 aliphatic rings. The largest absolute Gasteiger partial charge is 0.494 e. The van der Waals surface area contributed by atoms with Crippen LogP contribution >= 0.6 is 0 Å². The SMILES string of the molecule is CC(C)OB(OC(C)Cc1cc(B(O)O)cc2oc(N)nc12)c1ccc2nc(N)oc2c1. The van der Waals surface area contributed by atoms with Crippen LogP contribution in [0.1, 0.15) is 26.3 Å². The highest BCUT2D eigenvalue weighted by Gasteiger charge is 2.27. The van der Waals surface area contributed by atoms with Crippen LogP contribution in [-0.2, 0) is 15.7 Å². The molecule has 0 saturated carbocycles. The zero-order valence-corrected chi connectivity index (χ0v) is 18.0. The molecule has 0 saturated heterocycles. The molecular formula is C20H24B2N4O6. The van der Waals surface area contributed by atoms with E-state index in [4.69, 9.17) is 29.6 Å². The Hall–Kier alpha value is -3.05. The molecule has 0 fully saturated rings. The van der Waals surface area contributed by atoms with Crippen molar-refractivity contribution in [3.63, 3.8) is 0 Å². The number of rotatable bonds is 8. The van der Waals surface area contributed by atoms with Gasteiger partial charge in [0.15, 0.2) is 11.2 Å². The molecule has 0 amide bonds. The third kappa shape index (κ3) is 4.73. The van der Waals surface area contributed by atoms with Crippen LogP contribution in [0.25, 0.3) is 22.2 Å². The van der Waals surface area contributed by atoms with Crippen LogP contribution in [0, 0.1) is 0 Å². The van der Waals surface area contributed by atoms with Crippen molar-refractivity contribution in [3.05, 3.63) is 35.9 Å². The summed E-state index contributed by atoms with van der Waals surface area (Å²) < 4.78 is 23.0. The Labute approximate surface area is 184 Å². The highest BCUT2D eigenvalue weighted by molar-refractivity contribution is 6.61. The van der Waals surface area contributed by atoms with E-state index in [1.807, 2.05) is 26.8 Å². The van der Waals surface area contributed by atoms with E-state index in [0.29, 0.717) is 34.2 Å². The van der Waals surface area contributed by atoms with Crippen LogP contribution in [0.2, 0.25) is 0 Å². The summed E-state index contributed by atoms with van der Waals surface area (Å²) >= 11 is 0. The molecule has 12 heteroatoms. The standard InChI is InChI=1S/C20H24B2N4O6/c1-10(2)31-22(13-4-5-15-16(8-13)29-19(23)25-15)32-11(3)6-12-7-14(21(27)28)9-17-18(12)26-20(24)30-17/h4-5,7-11,27-28H,6H2,1-3H3,(H2,23,25)(H2,24,26). The lowest BCUT2D eigenvalue weighted by molar-refractivity contribution is 0.130. The van der Waals surface area contributed by atoms with E-state index in [9.17, 15) is 10.0 Å². The Morgan fingerprint density at radius 2 is 1.62 bits per heavy atom. The van der Waals surface area contributed by atoms with Crippen molar-refractivity contribution in [2.75, 3.05) is 11.5 Å². The fourth-order valence-electron chi connectivity index (χ4n) is 3.56. The van der Waals surface area contributed by atoms with Crippen LogP contribution in [-0.4, -0.2) is 46.5 Å². The van der Waals surface area contributed by atoms with Gasteiger partial charge >= 0.3 is 14.2 Å². The van der Waals surface area contributed by atoms with Gasteiger partial charge in [0.2, 0.25) is 0 Å². The van der Waals surface area contributed by atoms with E-state index >= 15 is 0 Å². The van der Waals surface area contributed by atoms with Crippen LogP contribution in [0.4, 0.5) is 12.0 Å². The summed E-state index contributed by atoms with van der Waals surface area (Å²) in [7, 11) is -2.33. The lowest BCUT2D eigenvalue weighted by Crippen LogP contribution is -2.41. The van der Waals surface area contributed by atoms with E-state index in [2.05, 4.69) is 9.97 Å². The van der Waals surface area contributed by atoms with Crippen molar-refractivity contribution in [3.8, 4) is 0 Å². The molecular weight excluding hydrogens is 414 g/mol. The summed E-state index contributed by atoms with van der Waals surface area (Å²) in [6, 6.07) is 8.68. The number of nitrogens with zero attached hydrogens (tertiary/aromatic N) is 2. The van der Waals surface area contributed by atoms with Gasteiger partial charge in [-0.2, -0.15) is 9.97 Å². The minimum atomic E-state index is -1.65. The first-order valence-corrected chi connectivity index (χ1v) is 10.2.